The van der Waals surface area contributed by atoms with Gasteiger partial charge in [-0.1, -0.05) is 26.2 Å². The van der Waals surface area contributed by atoms with Crippen molar-refractivity contribution in [1.82, 2.24) is 30.3 Å². The number of aryl methyl sites for hydroxylation is 1. The lowest BCUT2D eigenvalue weighted by molar-refractivity contribution is -0.00684. The monoisotopic (exact) mass is 533 g/mol. The molecule has 172 valence electrons. The van der Waals surface area contributed by atoms with E-state index in [4.69, 9.17) is 9.73 Å². The minimum absolute atomic E-state index is 0. The van der Waals surface area contributed by atoms with Crippen molar-refractivity contribution < 1.29 is 4.74 Å². The predicted octanol–water partition coefficient (Wildman–Crippen LogP) is 2.44. The summed E-state index contributed by atoms with van der Waals surface area (Å²) in [6.07, 6.45) is 9.16. The Labute approximate surface area is 198 Å². The third-order valence-electron chi connectivity index (χ3n) is 6.09. The Morgan fingerprint density at radius 1 is 1.23 bits per heavy atom. The normalized spacial score (nSPS) is 19.4. The fourth-order valence-corrected chi connectivity index (χ4v) is 4.17. The molecule has 1 saturated carbocycles. The molecular formula is C21H40IN7O. The number of hydrogen-bond donors (Lipinski definition) is 2. The number of rotatable bonds is 8. The minimum atomic E-state index is 0. The lowest BCUT2D eigenvalue weighted by atomic mass is 9.96. The lowest BCUT2D eigenvalue weighted by Crippen LogP contribution is -2.52. The summed E-state index contributed by atoms with van der Waals surface area (Å²) in [6, 6.07) is 0.530. The van der Waals surface area contributed by atoms with Gasteiger partial charge in [-0.05, 0) is 26.7 Å². The van der Waals surface area contributed by atoms with E-state index < -0.39 is 0 Å². The van der Waals surface area contributed by atoms with Crippen LogP contribution in [-0.2, 0) is 17.7 Å². The van der Waals surface area contributed by atoms with Crippen molar-refractivity contribution in [3.05, 3.63) is 12.2 Å². The Hall–Kier alpha value is -0.940. The fraction of sp³-hybridized carbons (Fsp3) is 0.857. The minimum Gasteiger partial charge on any atom is -0.379 e. The third-order valence-corrected chi connectivity index (χ3v) is 6.09. The summed E-state index contributed by atoms with van der Waals surface area (Å²) in [4.78, 5) is 7.49. The van der Waals surface area contributed by atoms with Crippen molar-refractivity contribution in [3.63, 3.8) is 0 Å². The van der Waals surface area contributed by atoms with Gasteiger partial charge in [0.05, 0.1) is 19.8 Å². The van der Waals surface area contributed by atoms with Gasteiger partial charge in [-0.15, -0.1) is 34.2 Å². The predicted molar refractivity (Wildman–Crippen MR) is 132 cm³/mol. The zero-order valence-electron chi connectivity index (χ0n) is 18.9. The number of halogens is 1. The molecule has 2 aliphatic rings. The highest BCUT2D eigenvalue weighted by atomic mass is 127. The third kappa shape index (κ3) is 7.64. The van der Waals surface area contributed by atoms with Gasteiger partial charge in [-0.25, -0.2) is 0 Å². The van der Waals surface area contributed by atoms with Crippen molar-refractivity contribution in [2.24, 2.45) is 4.99 Å². The van der Waals surface area contributed by atoms with Crippen molar-refractivity contribution >= 4 is 29.9 Å². The maximum atomic E-state index is 5.51. The van der Waals surface area contributed by atoms with E-state index in [2.05, 4.69) is 51.1 Å². The first-order valence-electron chi connectivity index (χ1n) is 11.3. The van der Waals surface area contributed by atoms with Crippen molar-refractivity contribution in [3.8, 4) is 0 Å². The van der Waals surface area contributed by atoms with E-state index >= 15 is 0 Å². The molecule has 0 amide bonds. The maximum Gasteiger partial charge on any atom is 0.191 e. The van der Waals surface area contributed by atoms with Crippen LogP contribution >= 0.6 is 24.0 Å². The highest BCUT2D eigenvalue weighted by molar-refractivity contribution is 14.0. The molecule has 9 heteroatoms. The van der Waals surface area contributed by atoms with Crippen LogP contribution < -0.4 is 10.6 Å². The van der Waals surface area contributed by atoms with E-state index in [0.29, 0.717) is 6.04 Å². The summed E-state index contributed by atoms with van der Waals surface area (Å²) >= 11 is 0. The average Bonchev–Trinajstić information content (AvgIpc) is 3.21. The molecular weight excluding hydrogens is 493 g/mol. The van der Waals surface area contributed by atoms with Crippen LogP contribution in [0.25, 0.3) is 0 Å². The summed E-state index contributed by atoms with van der Waals surface area (Å²) in [6.45, 7) is 12.7. The second-order valence-electron chi connectivity index (χ2n) is 8.78. The summed E-state index contributed by atoms with van der Waals surface area (Å²) in [5.41, 5.74) is 0.0224. The number of morpholine rings is 1. The number of ether oxygens (including phenoxy) is 1. The van der Waals surface area contributed by atoms with E-state index in [-0.39, 0.29) is 29.5 Å². The Bertz CT molecular complexity index is 637. The number of aliphatic imine (C=N–C) groups is 1. The van der Waals surface area contributed by atoms with E-state index in [1.54, 1.807) is 0 Å². The van der Waals surface area contributed by atoms with Crippen LogP contribution in [0.4, 0.5) is 0 Å². The smallest absolute Gasteiger partial charge is 0.191 e. The summed E-state index contributed by atoms with van der Waals surface area (Å²) in [5.74, 6) is 1.96. The lowest BCUT2D eigenvalue weighted by Gasteiger charge is -2.40. The summed E-state index contributed by atoms with van der Waals surface area (Å²) < 4.78 is 7.63. The number of nitrogens with zero attached hydrogens (tertiary/aromatic N) is 5. The molecule has 1 aromatic rings. The largest absolute Gasteiger partial charge is 0.379 e. The first-order valence-corrected chi connectivity index (χ1v) is 11.3. The van der Waals surface area contributed by atoms with E-state index in [1.807, 2.05) is 6.33 Å². The van der Waals surface area contributed by atoms with E-state index in [0.717, 1.165) is 64.1 Å². The maximum absolute atomic E-state index is 5.51. The Morgan fingerprint density at radius 2 is 1.97 bits per heavy atom. The van der Waals surface area contributed by atoms with Gasteiger partial charge in [0, 0.05) is 44.2 Å². The highest BCUT2D eigenvalue weighted by Gasteiger charge is 2.28. The van der Waals surface area contributed by atoms with Crippen LogP contribution in [0.3, 0.4) is 0 Å². The summed E-state index contributed by atoms with van der Waals surface area (Å²) in [5, 5.41) is 15.4. The second kappa shape index (κ2) is 12.8. The molecule has 0 atom stereocenters. The molecule has 1 aromatic heterocycles. The molecule has 2 heterocycles. The van der Waals surface area contributed by atoms with Gasteiger partial charge < -0.3 is 19.9 Å². The van der Waals surface area contributed by atoms with Crippen LogP contribution in [0.5, 0.6) is 0 Å². The van der Waals surface area contributed by atoms with Gasteiger partial charge in [-0.2, -0.15) is 0 Å². The SMILES string of the molecule is CCc1nncn1CCNC(=NCC(C)(C)N1CCOCC1)NC1CCCCC1.I. The van der Waals surface area contributed by atoms with Gasteiger partial charge >= 0.3 is 0 Å². The molecule has 3 rings (SSSR count). The molecule has 30 heavy (non-hydrogen) atoms. The number of aromatic nitrogens is 3. The molecule has 1 aliphatic heterocycles. The van der Waals surface area contributed by atoms with Crippen molar-refractivity contribution in [2.45, 2.75) is 77.4 Å². The molecule has 2 N–H and O–H groups in total. The van der Waals surface area contributed by atoms with Gasteiger partial charge in [0.25, 0.3) is 0 Å². The number of hydrogen-bond acceptors (Lipinski definition) is 5. The van der Waals surface area contributed by atoms with Gasteiger partial charge in [0.1, 0.15) is 12.2 Å². The van der Waals surface area contributed by atoms with Crippen LogP contribution in [0.1, 0.15) is 58.7 Å². The molecule has 0 radical (unpaired) electrons. The van der Waals surface area contributed by atoms with E-state index in [1.165, 1.54) is 32.1 Å². The molecule has 2 fully saturated rings. The number of nitrogens with one attached hydrogen (secondary N) is 2. The number of guanidine groups is 1. The molecule has 0 unspecified atom stereocenters. The van der Waals surface area contributed by atoms with Crippen LogP contribution in [-0.4, -0.2) is 76.6 Å². The van der Waals surface area contributed by atoms with Crippen LogP contribution in [0, 0.1) is 0 Å². The zero-order valence-corrected chi connectivity index (χ0v) is 21.2. The first-order chi connectivity index (χ1) is 14.1. The molecule has 1 saturated heterocycles. The topological polar surface area (TPSA) is 79.6 Å². The van der Waals surface area contributed by atoms with E-state index in [9.17, 15) is 0 Å². The van der Waals surface area contributed by atoms with Crippen molar-refractivity contribution in [1.29, 1.82) is 0 Å². The fourth-order valence-electron chi connectivity index (χ4n) is 4.17. The van der Waals surface area contributed by atoms with Gasteiger partial charge in [-0.3, -0.25) is 9.89 Å². The van der Waals surface area contributed by atoms with Crippen molar-refractivity contribution in [2.75, 3.05) is 39.4 Å². The Balaban J connectivity index is 0.00000320. The molecule has 1 aliphatic carbocycles. The summed E-state index contributed by atoms with van der Waals surface area (Å²) in [7, 11) is 0. The van der Waals surface area contributed by atoms with Crippen LogP contribution in [0.2, 0.25) is 0 Å². The second-order valence-corrected chi connectivity index (χ2v) is 8.78. The molecule has 0 bridgehead atoms. The average molecular weight is 534 g/mol. The van der Waals surface area contributed by atoms with Crippen LogP contribution in [0.15, 0.2) is 11.3 Å². The van der Waals surface area contributed by atoms with Gasteiger partial charge in [0.2, 0.25) is 0 Å². The quantitative estimate of drug-likeness (QED) is 0.304. The highest BCUT2D eigenvalue weighted by Crippen LogP contribution is 2.18. The standard InChI is InChI=1S/C21H39N7O.HI/c1-4-19-26-24-17-27(19)11-10-22-20(25-18-8-6-5-7-9-18)23-16-21(2,3)28-12-14-29-15-13-28;/h17-18H,4-16H2,1-3H3,(H2,22,23,25);1H. The molecule has 8 nitrogen and oxygen atoms in total. The van der Waals surface area contributed by atoms with Gasteiger partial charge in [0.15, 0.2) is 5.96 Å². The Kier molecular flexibility index (Phi) is 10.8. The molecule has 0 spiro atoms. The zero-order chi connectivity index (χ0) is 20.5. The molecule has 0 aromatic carbocycles. The Morgan fingerprint density at radius 3 is 2.67 bits per heavy atom. The first kappa shape index (κ1) is 25.3.